The molecular weight excluding hydrogens is 184 g/mol. The van der Waals surface area contributed by atoms with Crippen LogP contribution in [0.15, 0.2) is 42.6 Å². The Balaban J connectivity index is 2.33. The lowest BCUT2D eigenvalue weighted by Crippen LogP contribution is -2.32. The summed E-state index contributed by atoms with van der Waals surface area (Å²) in [5, 5.41) is 0. The van der Waals surface area contributed by atoms with E-state index in [1.54, 1.807) is 0 Å². The third-order valence-corrected chi connectivity index (χ3v) is 6.31. The molecule has 1 unspecified atom stereocenters. The van der Waals surface area contributed by atoms with Gasteiger partial charge in [-0.05, 0) is 23.2 Å². The zero-order chi connectivity index (χ0) is 10.0. The Labute approximate surface area is 87.0 Å². The van der Waals surface area contributed by atoms with Crippen LogP contribution in [0.5, 0.6) is 0 Å². The van der Waals surface area contributed by atoms with Gasteiger partial charge < -0.3 is 0 Å². The van der Waals surface area contributed by atoms with E-state index in [0.29, 0.717) is 0 Å². The number of fused-ring (bicyclic) bond motifs is 1. The fraction of sp³-hybridized carbons (Fsp3) is 0.231. The SMILES string of the molecule is C=CC[Si]1(C)C=Cc2ccccc2C1. The Morgan fingerprint density at radius 2 is 2.21 bits per heavy atom. The molecule has 0 aromatic heterocycles. The molecule has 1 heterocycles. The third-order valence-electron chi connectivity index (χ3n) is 2.93. The summed E-state index contributed by atoms with van der Waals surface area (Å²) >= 11 is 0. The third kappa shape index (κ3) is 1.73. The lowest BCUT2D eigenvalue weighted by Gasteiger charge is -2.27. The van der Waals surface area contributed by atoms with E-state index in [0.717, 1.165) is 0 Å². The normalized spacial score (nSPS) is 24.4. The van der Waals surface area contributed by atoms with Gasteiger partial charge in [-0.2, -0.15) is 0 Å². The summed E-state index contributed by atoms with van der Waals surface area (Å²) in [5.41, 5.74) is 5.38. The molecule has 0 N–H and O–H groups in total. The first-order valence-electron chi connectivity index (χ1n) is 5.12. The Morgan fingerprint density at radius 1 is 1.43 bits per heavy atom. The molecule has 0 nitrogen and oxygen atoms in total. The van der Waals surface area contributed by atoms with Gasteiger partial charge in [0.25, 0.3) is 0 Å². The van der Waals surface area contributed by atoms with Gasteiger partial charge in [0.05, 0.1) is 8.07 Å². The summed E-state index contributed by atoms with van der Waals surface area (Å²) in [5.74, 6) is 0. The van der Waals surface area contributed by atoms with Crippen molar-refractivity contribution < 1.29 is 0 Å². The minimum absolute atomic E-state index is 1.19. The van der Waals surface area contributed by atoms with E-state index >= 15 is 0 Å². The van der Waals surface area contributed by atoms with Crippen LogP contribution in [0.25, 0.3) is 6.08 Å². The van der Waals surface area contributed by atoms with Crippen molar-refractivity contribution in [3.05, 3.63) is 53.7 Å². The maximum Gasteiger partial charge on any atom is 0.0828 e. The molecule has 0 amide bonds. The van der Waals surface area contributed by atoms with Crippen LogP contribution in [-0.4, -0.2) is 8.07 Å². The molecule has 0 bridgehead atoms. The Kier molecular flexibility index (Phi) is 2.42. The molecule has 0 aliphatic carbocycles. The molecule has 1 aromatic carbocycles. The fourth-order valence-electron chi connectivity index (χ4n) is 2.11. The Bertz CT molecular complexity index is 379. The molecule has 0 fully saturated rings. The number of allylic oxidation sites excluding steroid dienone is 1. The molecule has 14 heavy (non-hydrogen) atoms. The first-order valence-corrected chi connectivity index (χ1v) is 8.11. The molecule has 1 atom stereocenters. The average Bonchev–Trinajstić information content (AvgIpc) is 2.17. The standard InChI is InChI=1S/C13H16Si/c1-3-9-14(2)10-8-12-6-4-5-7-13(12)11-14/h3-8,10H,1,9,11H2,2H3. The van der Waals surface area contributed by atoms with E-state index < -0.39 is 8.07 Å². The smallest absolute Gasteiger partial charge is 0.0828 e. The topological polar surface area (TPSA) is 0 Å². The highest BCUT2D eigenvalue weighted by molar-refractivity contribution is 6.84. The lowest BCUT2D eigenvalue weighted by atomic mass is 10.1. The van der Waals surface area contributed by atoms with E-state index in [9.17, 15) is 0 Å². The minimum atomic E-state index is -1.19. The van der Waals surface area contributed by atoms with Crippen LogP contribution in [0.3, 0.4) is 0 Å². The predicted octanol–water partition coefficient (Wildman–Crippen LogP) is 3.60. The van der Waals surface area contributed by atoms with Crippen LogP contribution < -0.4 is 0 Å². The molecule has 1 aliphatic rings. The largest absolute Gasteiger partial charge is 0.103 e. The average molecular weight is 200 g/mol. The van der Waals surface area contributed by atoms with Crippen LogP contribution in [0.4, 0.5) is 0 Å². The molecular formula is C13H16Si. The monoisotopic (exact) mass is 200 g/mol. The van der Waals surface area contributed by atoms with Crippen molar-refractivity contribution in [1.29, 1.82) is 0 Å². The van der Waals surface area contributed by atoms with Gasteiger partial charge in [-0.15, -0.1) is 6.58 Å². The first-order chi connectivity index (χ1) is 6.73. The fourth-order valence-corrected chi connectivity index (χ4v) is 4.94. The van der Waals surface area contributed by atoms with Gasteiger partial charge in [-0.25, -0.2) is 0 Å². The van der Waals surface area contributed by atoms with Crippen LogP contribution in [0.2, 0.25) is 12.6 Å². The van der Waals surface area contributed by atoms with Crippen molar-refractivity contribution in [2.75, 3.05) is 0 Å². The van der Waals surface area contributed by atoms with Gasteiger partial charge in [0.15, 0.2) is 0 Å². The van der Waals surface area contributed by atoms with Crippen molar-refractivity contribution in [3.8, 4) is 0 Å². The molecule has 1 aliphatic heterocycles. The molecule has 0 saturated heterocycles. The summed E-state index contributed by atoms with van der Waals surface area (Å²) in [6, 6.07) is 11.2. The summed E-state index contributed by atoms with van der Waals surface area (Å²) in [4.78, 5) is 0. The van der Waals surface area contributed by atoms with Gasteiger partial charge in [0.2, 0.25) is 0 Å². The van der Waals surface area contributed by atoms with Crippen molar-refractivity contribution in [2.45, 2.75) is 18.6 Å². The Hall–Kier alpha value is -1.08. The highest BCUT2D eigenvalue weighted by Crippen LogP contribution is 2.27. The van der Waals surface area contributed by atoms with Crippen molar-refractivity contribution in [2.24, 2.45) is 0 Å². The first kappa shape index (κ1) is 9.47. The maximum atomic E-state index is 3.86. The van der Waals surface area contributed by atoms with Crippen LogP contribution in [0.1, 0.15) is 11.1 Å². The highest BCUT2D eigenvalue weighted by Gasteiger charge is 2.26. The van der Waals surface area contributed by atoms with Crippen LogP contribution in [-0.2, 0) is 6.04 Å². The van der Waals surface area contributed by atoms with E-state index in [2.05, 4.69) is 55.2 Å². The van der Waals surface area contributed by atoms with Crippen molar-refractivity contribution in [1.82, 2.24) is 0 Å². The summed E-state index contributed by atoms with van der Waals surface area (Å²) in [6.45, 7) is 6.29. The van der Waals surface area contributed by atoms with Crippen molar-refractivity contribution >= 4 is 14.1 Å². The van der Waals surface area contributed by atoms with E-state index in [4.69, 9.17) is 0 Å². The molecule has 1 aromatic rings. The van der Waals surface area contributed by atoms with Gasteiger partial charge in [-0.1, -0.05) is 48.7 Å². The predicted molar refractivity (Wildman–Crippen MR) is 65.8 cm³/mol. The quantitative estimate of drug-likeness (QED) is 0.505. The number of rotatable bonds is 2. The van der Waals surface area contributed by atoms with Crippen LogP contribution in [0, 0.1) is 0 Å². The second kappa shape index (κ2) is 3.58. The van der Waals surface area contributed by atoms with E-state index in [1.807, 2.05) is 0 Å². The van der Waals surface area contributed by atoms with Gasteiger partial charge in [-0.3, -0.25) is 0 Å². The molecule has 1 heteroatoms. The zero-order valence-corrected chi connectivity index (χ0v) is 9.66. The molecule has 2 rings (SSSR count). The van der Waals surface area contributed by atoms with Crippen molar-refractivity contribution in [3.63, 3.8) is 0 Å². The molecule has 0 spiro atoms. The highest BCUT2D eigenvalue weighted by atomic mass is 28.3. The molecule has 0 radical (unpaired) electrons. The zero-order valence-electron chi connectivity index (χ0n) is 8.66. The minimum Gasteiger partial charge on any atom is -0.103 e. The second-order valence-corrected chi connectivity index (χ2v) is 8.76. The van der Waals surface area contributed by atoms with Crippen LogP contribution >= 0.6 is 0 Å². The molecule has 72 valence electrons. The summed E-state index contributed by atoms with van der Waals surface area (Å²) < 4.78 is 0. The maximum absolute atomic E-state index is 3.86. The van der Waals surface area contributed by atoms with Gasteiger partial charge >= 0.3 is 0 Å². The molecule has 0 saturated carbocycles. The van der Waals surface area contributed by atoms with Gasteiger partial charge in [0, 0.05) is 0 Å². The number of hydrogen-bond donors (Lipinski definition) is 0. The number of hydrogen-bond acceptors (Lipinski definition) is 0. The summed E-state index contributed by atoms with van der Waals surface area (Å²) in [7, 11) is -1.19. The number of benzene rings is 1. The summed E-state index contributed by atoms with van der Waals surface area (Å²) in [6.07, 6.45) is 4.37. The second-order valence-electron chi connectivity index (χ2n) is 4.36. The Morgan fingerprint density at radius 3 is 3.00 bits per heavy atom. The van der Waals surface area contributed by atoms with E-state index in [1.165, 1.54) is 23.2 Å². The van der Waals surface area contributed by atoms with E-state index in [-0.39, 0.29) is 0 Å². The lowest BCUT2D eigenvalue weighted by molar-refractivity contribution is 1.27. The van der Waals surface area contributed by atoms with Gasteiger partial charge in [0.1, 0.15) is 0 Å².